The predicted molar refractivity (Wildman–Crippen MR) is 80.0 cm³/mol. The molecule has 0 radical (unpaired) electrons. The molecule has 0 spiro atoms. The van der Waals surface area contributed by atoms with E-state index in [1.165, 1.54) is 0 Å². The standard InChI is InChI=1S/C14H17N5OS/c1-2-19-12(17-18-14(19)21)8-16-13(20)11-6-10(11)9-4-3-5-15-7-9/h3-5,7,10-11H,2,6,8H2,1H3,(H,16,20)(H,18,21). The number of aromatic amines is 1. The van der Waals surface area contributed by atoms with Crippen LogP contribution >= 0.6 is 12.2 Å². The number of carbonyl (C=O) groups excluding carboxylic acids is 1. The highest BCUT2D eigenvalue weighted by molar-refractivity contribution is 7.71. The summed E-state index contributed by atoms with van der Waals surface area (Å²) in [5.74, 6) is 1.17. The van der Waals surface area contributed by atoms with Crippen LogP contribution in [0.3, 0.4) is 0 Å². The van der Waals surface area contributed by atoms with Crippen molar-refractivity contribution in [2.45, 2.75) is 32.4 Å². The molecule has 1 aliphatic rings. The van der Waals surface area contributed by atoms with E-state index in [1.807, 2.05) is 29.8 Å². The van der Waals surface area contributed by atoms with Crippen LogP contribution in [0.15, 0.2) is 24.5 Å². The molecule has 6 nitrogen and oxygen atoms in total. The van der Waals surface area contributed by atoms with Crippen LogP contribution in [-0.4, -0.2) is 25.7 Å². The van der Waals surface area contributed by atoms with E-state index in [1.54, 1.807) is 6.20 Å². The van der Waals surface area contributed by atoms with E-state index in [9.17, 15) is 4.79 Å². The van der Waals surface area contributed by atoms with Crippen molar-refractivity contribution in [2.24, 2.45) is 5.92 Å². The van der Waals surface area contributed by atoms with Crippen LogP contribution < -0.4 is 5.32 Å². The first kappa shape index (κ1) is 13.9. The molecule has 1 aliphatic carbocycles. The zero-order chi connectivity index (χ0) is 14.8. The largest absolute Gasteiger partial charge is 0.349 e. The first-order valence-electron chi connectivity index (χ1n) is 7.02. The second-order valence-electron chi connectivity index (χ2n) is 5.14. The van der Waals surface area contributed by atoms with Crippen LogP contribution in [-0.2, 0) is 17.9 Å². The highest BCUT2D eigenvalue weighted by atomic mass is 32.1. The molecule has 2 aromatic heterocycles. The number of carbonyl (C=O) groups is 1. The van der Waals surface area contributed by atoms with Crippen LogP contribution in [0.2, 0.25) is 0 Å². The van der Waals surface area contributed by atoms with Crippen LogP contribution in [0.1, 0.15) is 30.7 Å². The highest BCUT2D eigenvalue weighted by Crippen LogP contribution is 2.47. The monoisotopic (exact) mass is 303 g/mol. The number of H-pyrrole nitrogens is 1. The molecule has 2 unspecified atom stereocenters. The molecule has 110 valence electrons. The van der Waals surface area contributed by atoms with Crippen molar-refractivity contribution >= 4 is 18.1 Å². The quantitative estimate of drug-likeness (QED) is 0.826. The van der Waals surface area contributed by atoms with Gasteiger partial charge in [-0.2, -0.15) is 5.10 Å². The Balaban J connectivity index is 1.57. The Hall–Kier alpha value is -2.02. The second kappa shape index (κ2) is 5.77. The van der Waals surface area contributed by atoms with E-state index in [-0.39, 0.29) is 11.8 Å². The first-order valence-corrected chi connectivity index (χ1v) is 7.43. The number of aromatic nitrogens is 4. The molecule has 0 bridgehead atoms. The van der Waals surface area contributed by atoms with Gasteiger partial charge in [-0.05, 0) is 43.1 Å². The third-order valence-electron chi connectivity index (χ3n) is 3.81. The lowest BCUT2D eigenvalue weighted by Crippen LogP contribution is -2.26. The Morgan fingerprint density at radius 1 is 1.62 bits per heavy atom. The number of hydrogen-bond acceptors (Lipinski definition) is 4. The van der Waals surface area contributed by atoms with Crippen molar-refractivity contribution in [3.8, 4) is 0 Å². The van der Waals surface area contributed by atoms with Crippen molar-refractivity contribution in [1.29, 1.82) is 0 Å². The van der Waals surface area contributed by atoms with Crippen LogP contribution in [0.4, 0.5) is 0 Å². The molecule has 7 heteroatoms. The maximum atomic E-state index is 12.2. The lowest BCUT2D eigenvalue weighted by Gasteiger charge is -2.06. The number of nitrogens with zero attached hydrogens (tertiary/aromatic N) is 3. The number of hydrogen-bond donors (Lipinski definition) is 2. The molecule has 0 aliphatic heterocycles. The van der Waals surface area contributed by atoms with Gasteiger partial charge in [0, 0.05) is 24.9 Å². The third kappa shape index (κ3) is 2.87. The highest BCUT2D eigenvalue weighted by Gasteiger charge is 2.43. The summed E-state index contributed by atoms with van der Waals surface area (Å²) in [5, 5.41) is 9.82. The maximum Gasteiger partial charge on any atom is 0.224 e. The van der Waals surface area contributed by atoms with Crippen molar-refractivity contribution < 1.29 is 4.79 Å². The molecule has 2 heterocycles. The number of rotatable bonds is 5. The van der Waals surface area contributed by atoms with Crippen molar-refractivity contribution in [2.75, 3.05) is 0 Å². The lowest BCUT2D eigenvalue weighted by molar-refractivity contribution is -0.122. The predicted octanol–water partition coefficient (Wildman–Crippen LogP) is 1.78. The minimum atomic E-state index is 0.0474. The molecular formula is C14H17N5OS. The average molecular weight is 303 g/mol. The average Bonchev–Trinajstić information content (AvgIpc) is 3.24. The summed E-state index contributed by atoms with van der Waals surface area (Å²) in [6.45, 7) is 3.13. The molecule has 2 aromatic rings. The maximum absolute atomic E-state index is 12.2. The fourth-order valence-corrected chi connectivity index (χ4v) is 2.84. The number of nitrogens with one attached hydrogen (secondary N) is 2. The summed E-state index contributed by atoms with van der Waals surface area (Å²) in [5.41, 5.74) is 1.13. The second-order valence-corrected chi connectivity index (χ2v) is 5.53. The number of amides is 1. The Morgan fingerprint density at radius 3 is 3.19 bits per heavy atom. The zero-order valence-electron chi connectivity index (χ0n) is 11.7. The summed E-state index contributed by atoms with van der Waals surface area (Å²) >= 11 is 5.12. The Morgan fingerprint density at radius 2 is 2.48 bits per heavy atom. The van der Waals surface area contributed by atoms with Gasteiger partial charge in [-0.1, -0.05) is 6.07 Å². The Labute approximate surface area is 127 Å². The minimum absolute atomic E-state index is 0.0474. The van der Waals surface area contributed by atoms with Crippen LogP contribution in [0.5, 0.6) is 0 Å². The molecule has 1 saturated carbocycles. The Bertz CT molecular complexity index is 693. The molecular weight excluding hydrogens is 286 g/mol. The summed E-state index contributed by atoms with van der Waals surface area (Å²) in [6.07, 6.45) is 4.47. The van der Waals surface area contributed by atoms with Gasteiger partial charge in [0.2, 0.25) is 5.91 Å². The molecule has 2 atom stereocenters. The molecule has 3 rings (SSSR count). The molecule has 0 aromatic carbocycles. The van der Waals surface area contributed by atoms with Gasteiger partial charge in [0.1, 0.15) is 0 Å². The molecule has 1 fully saturated rings. The molecule has 2 N–H and O–H groups in total. The smallest absolute Gasteiger partial charge is 0.224 e. The normalized spacial score (nSPS) is 20.2. The van der Waals surface area contributed by atoms with Gasteiger partial charge < -0.3 is 9.88 Å². The third-order valence-corrected chi connectivity index (χ3v) is 4.13. The SMILES string of the molecule is CCn1c(CNC(=O)C2CC2c2cccnc2)n[nH]c1=S. The van der Waals surface area contributed by atoms with E-state index in [2.05, 4.69) is 20.5 Å². The lowest BCUT2D eigenvalue weighted by atomic mass is 10.1. The van der Waals surface area contributed by atoms with Crippen molar-refractivity contribution in [3.63, 3.8) is 0 Å². The van der Waals surface area contributed by atoms with E-state index >= 15 is 0 Å². The van der Waals surface area contributed by atoms with Gasteiger partial charge in [-0.3, -0.25) is 14.9 Å². The fraction of sp³-hybridized carbons (Fsp3) is 0.429. The van der Waals surface area contributed by atoms with E-state index in [4.69, 9.17) is 12.2 Å². The van der Waals surface area contributed by atoms with Gasteiger partial charge in [-0.25, -0.2) is 0 Å². The molecule has 1 amide bonds. The van der Waals surface area contributed by atoms with E-state index in [0.29, 0.717) is 17.2 Å². The van der Waals surface area contributed by atoms with E-state index in [0.717, 1.165) is 24.4 Å². The topological polar surface area (TPSA) is 75.6 Å². The van der Waals surface area contributed by atoms with Crippen LogP contribution in [0.25, 0.3) is 0 Å². The Kier molecular flexibility index (Phi) is 3.83. The summed E-state index contributed by atoms with van der Waals surface area (Å²) in [4.78, 5) is 16.3. The van der Waals surface area contributed by atoms with E-state index < -0.39 is 0 Å². The fourth-order valence-electron chi connectivity index (χ4n) is 2.56. The van der Waals surface area contributed by atoms with Gasteiger partial charge in [-0.15, -0.1) is 0 Å². The summed E-state index contributed by atoms with van der Waals surface area (Å²) in [7, 11) is 0. The summed E-state index contributed by atoms with van der Waals surface area (Å²) in [6, 6.07) is 3.93. The van der Waals surface area contributed by atoms with Gasteiger partial charge in [0.05, 0.1) is 6.54 Å². The minimum Gasteiger partial charge on any atom is -0.349 e. The molecule has 0 saturated heterocycles. The first-order chi connectivity index (χ1) is 10.2. The van der Waals surface area contributed by atoms with Crippen molar-refractivity contribution in [3.05, 3.63) is 40.7 Å². The molecule has 21 heavy (non-hydrogen) atoms. The van der Waals surface area contributed by atoms with Gasteiger partial charge >= 0.3 is 0 Å². The van der Waals surface area contributed by atoms with Crippen molar-refractivity contribution in [1.82, 2.24) is 25.1 Å². The van der Waals surface area contributed by atoms with Crippen LogP contribution in [0, 0.1) is 10.7 Å². The van der Waals surface area contributed by atoms with Gasteiger partial charge in [0.15, 0.2) is 10.6 Å². The number of pyridine rings is 1. The summed E-state index contributed by atoms with van der Waals surface area (Å²) < 4.78 is 2.46. The van der Waals surface area contributed by atoms with Gasteiger partial charge in [0.25, 0.3) is 0 Å². The zero-order valence-corrected chi connectivity index (χ0v) is 12.6.